The second-order valence-electron chi connectivity index (χ2n) is 5.36. The summed E-state index contributed by atoms with van der Waals surface area (Å²) in [6.07, 6.45) is 7.27. The Hall–Kier alpha value is -1.06. The summed E-state index contributed by atoms with van der Waals surface area (Å²) in [5.74, 6) is 0.152. The average Bonchev–Trinajstić information content (AvgIpc) is 2.33. The number of unbranched alkanes of at least 4 members (excludes halogenated alkanes) is 2. The number of rotatable bonds is 7. The van der Waals surface area contributed by atoms with E-state index in [0.29, 0.717) is 18.9 Å². The van der Waals surface area contributed by atoms with E-state index in [0.717, 1.165) is 25.7 Å². The highest BCUT2D eigenvalue weighted by molar-refractivity contribution is 5.78. The molecule has 0 spiro atoms. The van der Waals surface area contributed by atoms with Crippen LogP contribution in [0.4, 0.5) is 0 Å². The molecular weight excluding hydrogens is 230 g/mol. The minimum absolute atomic E-state index is 0.192. The maximum absolute atomic E-state index is 11.9. The van der Waals surface area contributed by atoms with Crippen molar-refractivity contribution in [2.75, 3.05) is 6.54 Å². The quantitative estimate of drug-likeness (QED) is 0.687. The number of carbonyl (C=O) groups excluding carboxylic acids is 1. The maximum atomic E-state index is 11.9. The van der Waals surface area contributed by atoms with Gasteiger partial charge in [0.25, 0.3) is 0 Å². The van der Waals surface area contributed by atoms with Crippen LogP contribution in [0.1, 0.15) is 58.3 Å². The summed E-state index contributed by atoms with van der Waals surface area (Å²) < 4.78 is 0. The Morgan fingerprint density at radius 1 is 1.17 bits per heavy atom. The second kappa shape index (κ2) is 8.11. The molecule has 0 bridgehead atoms. The molecule has 1 aliphatic rings. The number of carboxylic acid groups (broad SMARTS) is 1. The van der Waals surface area contributed by atoms with E-state index in [-0.39, 0.29) is 18.2 Å². The Labute approximate surface area is 109 Å². The van der Waals surface area contributed by atoms with Gasteiger partial charge in [0, 0.05) is 18.9 Å². The molecular formula is C14H25NO3. The van der Waals surface area contributed by atoms with Gasteiger partial charge in [-0.25, -0.2) is 0 Å². The molecule has 0 aromatic carbocycles. The van der Waals surface area contributed by atoms with Gasteiger partial charge in [0.15, 0.2) is 0 Å². The van der Waals surface area contributed by atoms with E-state index in [9.17, 15) is 9.59 Å². The molecule has 1 amide bonds. The molecule has 0 aromatic rings. The van der Waals surface area contributed by atoms with Gasteiger partial charge in [-0.2, -0.15) is 0 Å². The van der Waals surface area contributed by atoms with Crippen LogP contribution in [0.25, 0.3) is 0 Å². The van der Waals surface area contributed by atoms with Crippen molar-refractivity contribution in [1.82, 2.24) is 5.32 Å². The van der Waals surface area contributed by atoms with Gasteiger partial charge in [-0.15, -0.1) is 0 Å². The molecule has 0 aliphatic heterocycles. The first kappa shape index (κ1) is 15.0. The van der Waals surface area contributed by atoms with E-state index >= 15 is 0 Å². The van der Waals surface area contributed by atoms with Crippen molar-refractivity contribution in [1.29, 1.82) is 0 Å². The van der Waals surface area contributed by atoms with Gasteiger partial charge in [0.05, 0.1) is 0 Å². The molecule has 104 valence electrons. The SMILES string of the molecule is CC1CCCCC1C(=O)NCCCCCC(=O)O. The normalized spacial score (nSPS) is 23.6. The smallest absolute Gasteiger partial charge is 0.303 e. The van der Waals surface area contributed by atoms with E-state index in [2.05, 4.69) is 12.2 Å². The minimum atomic E-state index is -0.741. The number of nitrogens with one attached hydrogen (secondary N) is 1. The fourth-order valence-electron chi connectivity index (χ4n) is 2.63. The van der Waals surface area contributed by atoms with Gasteiger partial charge in [-0.3, -0.25) is 9.59 Å². The Morgan fingerprint density at radius 3 is 2.56 bits per heavy atom. The van der Waals surface area contributed by atoms with E-state index < -0.39 is 5.97 Å². The molecule has 2 N–H and O–H groups in total. The number of amides is 1. The zero-order chi connectivity index (χ0) is 13.4. The summed E-state index contributed by atoms with van der Waals surface area (Å²) in [6.45, 7) is 2.85. The van der Waals surface area contributed by atoms with Gasteiger partial charge >= 0.3 is 5.97 Å². The molecule has 0 radical (unpaired) electrons. The monoisotopic (exact) mass is 255 g/mol. The zero-order valence-electron chi connectivity index (χ0n) is 11.3. The molecule has 1 rings (SSSR count). The largest absolute Gasteiger partial charge is 0.481 e. The number of aliphatic carboxylic acids is 1. The summed E-state index contributed by atoms with van der Waals surface area (Å²) >= 11 is 0. The van der Waals surface area contributed by atoms with Crippen LogP contribution in [0.15, 0.2) is 0 Å². The van der Waals surface area contributed by atoms with Gasteiger partial charge in [0.2, 0.25) is 5.91 Å². The van der Waals surface area contributed by atoms with Gasteiger partial charge in [-0.05, 0) is 31.6 Å². The number of carboxylic acids is 1. The first-order chi connectivity index (χ1) is 8.61. The third-order valence-electron chi connectivity index (χ3n) is 3.81. The van der Waals surface area contributed by atoms with E-state index in [4.69, 9.17) is 5.11 Å². The molecule has 1 aliphatic carbocycles. The lowest BCUT2D eigenvalue weighted by Gasteiger charge is -2.27. The summed E-state index contributed by atoms with van der Waals surface area (Å²) in [7, 11) is 0. The number of hydrogen-bond donors (Lipinski definition) is 2. The fraction of sp³-hybridized carbons (Fsp3) is 0.857. The Bertz CT molecular complexity index is 278. The van der Waals surface area contributed by atoms with Crippen molar-refractivity contribution >= 4 is 11.9 Å². The fourth-order valence-corrected chi connectivity index (χ4v) is 2.63. The highest BCUT2D eigenvalue weighted by Gasteiger charge is 2.27. The van der Waals surface area contributed by atoms with Crippen molar-refractivity contribution in [3.05, 3.63) is 0 Å². The van der Waals surface area contributed by atoms with Crippen LogP contribution in [0.5, 0.6) is 0 Å². The third kappa shape index (κ3) is 5.52. The first-order valence-corrected chi connectivity index (χ1v) is 7.10. The highest BCUT2D eigenvalue weighted by atomic mass is 16.4. The van der Waals surface area contributed by atoms with Gasteiger partial charge in [0.1, 0.15) is 0 Å². The predicted molar refractivity (Wildman–Crippen MR) is 70.2 cm³/mol. The predicted octanol–water partition coefficient (Wildman–Crippen LogP) is 2.57. The van der Waals surface area contributed by atoms with Crippen LogP contribution >= 0.6 is 0 Å². The Morgan fingerprint density at radius 2 is 1.89 bits per heavy atom. The van der Waals surface area contributed by atoms with Crippen molar-refractivity contribution < 1.29 is 14.7 Å². The second-order valence-corrected chi connectivity index (χ2v) is 5.36. The molecule has 2 atom stereocenters. The Kier molecular flexibility index (Phi) is 6.76. The van der Waals surface area contributed by atoms with Crippen LogP contribution in [-0.4, -0.2) is 23.5 Å². The molecule has 1 saturated carbocycles. The van der Waals surface area contributed by atoms with E-state index in [1.54, 1.807) is 0 Å². The molecule has 4 heteroatoms. The first-order valence-electron chi connectivity index (χ1n) is 7.10. The maximum Gasteiger partial charge on any atom is 0.303 e. The van der Waals surface area contributed by atoms with Crippen molar-refractivity contribution in [3.63, 3.8) is 0 Å². The van der Waals surface area contributed by atoms with Crippen LogP contribution in [0.3, 0.4) is 0 Å². The Balaban J connectivity index is 2.07. The van der Waals surface area contributed by atoms with Gasteiger partial charge in [-0.1, -0.05) is 26.2 Å². The van der Waals surface area contributed by atoms with Crippen molar-refractivity contribution in [3.8, 4) is 0 Å². The van der Waals surface area contributed by atoms with Crippen LogP contribution in [0, 0.1) is 11.8 Å². The summed E-state index contributed by atoms with van der Waals surface area (Å²) in [5.41, 5.74) is 0. The average molecular weight is 255 g/mol. The number of hydrogen-bond acceptors (Lipinski definition) is 2. The minimum Gasteiger partial charge on any atom is -0.481 e. The van der Waals surface area contributed by atoms with Crippen molar-refractivity contribution in [2.45, 2.75) is 58.3 Å². The lowest BCUT2D eigenvalue weighted by Crippen LogP contribution is -2.36. The van der Waals surface area contributed by atoms with Crippen LogP contribution in [0.2, 0.25) is 0 Å². The standard InChI is InChI=1S/C14H25NO3/c1-11-7-4-5-8-12(11)14(18)15-10-6-2-3-9-13(16)17/h11-12H,2-10H2,1H3,(H,15,18)(H,16,17). The molecule has 0 heterocycles. The molecule has 1 fully saturated rings. The molecule has 4 nitrogen and oxygen atoms in total. The summed E-state index contributed by atoms with van der Waals surface area (Å²) in [6, 6.07) is 0. The number of carbonyl (C=O) groups is 2. The lowest BCUT2D eigenvalue weighted by molar-refractivity contribution is -0.137. The highest BCUT2D eigenvalue weighted by Crippen LogP contribution is 2.29. The molecule has 0 saturated heterocycles. The van der Waals surface area contributed by atoms with E-state index in [1.165, 1.54) is 12.8 Å². The van der Waals surface area contributed by atoms with Crippen molar-refractivity contribution in [2.24, 2.45) is 11.8 Å². The topological polar surface area (TPSA) is 66.4 Å². The van der Waals surface area contributed by atoms with Crippen LogP contribution < -0.4 is 5.32 Å². The van der Waals surface area contributed by atoms with E-state index in [1.807, 2.05) is 0 Å². The molecule has 0 aromatic heterocycles. The summed E-state index contributed by atoms with van der Waals surface area (Å²) in [5, 5.41) is 11.5. The zero-order valence-corrected chi connectivity index (χ0v) is 11.3. The van der Waals surface area contributed by atoms with Gasteiger partial charge < -0.3 is 10.4 Å². The lowest BCUT2D eigenvalue weighted by atomic mass is 9.80. The third-order valence-corrected chi connectivity index (χ3v) is 3.81. The van der Waals surface area contributed by atoms with Crippen LogP contribution in [-0.2, 0) is 9.59 Å². The molecule has 2 unspecified atom stereocenters. The molecule has 18 heavy (non-hydrogen) atoms. The summed E-state index contributed by atoms with van der Waals surface area (Å²) in [4.78, 5) is 22.3.